The third-order valence-electron chi connectivity index (χ3n) is 7.04. The summed E-state index contributed by atoms with van der Waals surface area (Å²) in [7, 11) is 0. The van der Waals surface area contributed by atoms with Gasteiger partial charge in [-0.1, -0.05) is 41.9 Å². The average molecular weight is 494 g/mol. The number of para-hydroxylation sites is 1. The first-order valence-electron chi connectivity index (χ1n) is 12.3. The van der Waals surface area contributed by atoms with E-state index in [4.69, 9.17) is 16.7 Å². The Balaban J connectivity index is 1.28. The normalized spacial score (nSPS) is 17.3. The van der Waals surface area contributed by atoms with E-state index in [1.165, 1.54) is 5.69 Å². The van der Waals surface area contributed by atoms with Crippen LogP contribution < -0.4 is 4.90 Å². The van der Waals surface area contributed by atoms with Crippen LogP contribution in [0.15, 0.2) is 54.6 Å². The second-order valence-electron chi connectivity index (χ2n) is 9.43. The van der Waals surface area contributed by atoms with E-state index in [0.717, 1.165) is 55.1 Å². The summed E-state index contributed by atoms with van der Waals surface area (Å²) >= 11 is 6.10. The topological polar surface area (TPSA) is 64.8 Å². The lowest BCUT2D eigenvalue weighted by molar-refractivity contribution is -0.129. The van der Waals surface area contributed by atoms with Crippen LogP contribution in [0.4, 0.5) is 5.69 Å². The third kappa shape index (κ3) is 5.37. The summed E-state index contributed by atoms with van der Waals surface area (Å²) in [5, 5.41) is 16.6. The van der Waals surface area contributed by atoms with Crippen LogP contribution >= 0.6 is 11.6 Å². The molecule has 2 aliphatic rings. The molecule has 0 spiro atoms. The van der Waals surface area contributed by atoms with Gasteiger partial charge >= 0.3 is 0 Å². The average Bonchev–Trinajstić information content (AvgIpc) is 3.23. The number of amides is 1. The van der Waals surface area contributed by atoms with Crippen LogP contribution in [0.1, 0.15) is 18.2 Å². The summed E-state index contributed by atoms with van der Waals surface area (Å²) in [6, 6.07) is 18.1. The molecule has 1 aromatic heterocycles. The van der Waals surface area contributed by atoms with Crippen LogP contribution in [0.3, 0.4) is 0 Å². The molecule has 2 aliphatic heterocycles. The van der Waals surface area contributed by atoms with Crippen molar-refractivity contribution in [3.8, 4) is 11.3 Å². The monoisotopic (exact) mass is 493 g/mol. The molecule has 0 saturated carbocycles. The van der Waals surface area contributed by atoms with Gasteiger partial charge in [0.1, 0.15) is 0 Å². The van der Waals surface area contributed by atoms with Crippen molar-refractivity contribution in [3.63, 3.8) is 0 Å². The summed E-state index contributed by atoms with van der Waals surface area (Å²) in [6.45, 7) is 7.64. The lowest BCUT2D eigenvalue weighted by atomic mass is 10.0. The van der Waals surface area contributed by atoms with E-state index >= 15 is 0 Å². The number of hydrogen-bond acceptors (Lipinski definition) is 5. The van der Waals surface area contributed by atoms with Gasteiger partial charge in [0.2, 0.25) is 5.91 Å². The third-order valence-corrected chi connectivity index (χ3v) is 7.30. The Labute approximate surface area is 211 Å². The highest BCUT2D eigenvalue weighted by Gasteiger charge is 2.28. The van der Waals surface area contributed by atoms with Gasteiger partial charge in [-0.15, -0.1) is 0 Å². The molecule has 1 unspecified atom stereocenters. The maximum absolute atomic E-state index is 12.1. The molecular weight excluding hydrogens is 462 g/mol. The van der Waals surface area contributed by atoms with Gasteiger partial charge in [-0.05, 0) is 24.3 Å². The minimum Gasteiger partial charge on any atom is -0.390 e. The molecule has 8 heteroatoms. The molecular formula is C27H32ClN5O2. The Bertz CT molecular complexity index is 1160. The van der Waals surface area contributed by atoms with Gasteiger partial charge in [0, 0.05) is 86.7 Å². The van der Waals surface area contributed by atoms with Crippen LogP contribution in [0.2, 0.25) is 5.02 Å². The van der Waals surface area contributed by atoms with Gasteiger partial charge in [-0.2, -0.15) is 5.10 Å². The van der Waals surface area contributed by atoms with Gasteiger partial charge < -0.3 is 14.9 Å². The smallest absolute Gasteiger partial charge is 0.219 e. The van der Waals surface area contributed by atoms with Crippen molar-refractivity contribution < 1.29 is 9.90 Å². The lowest BCUT2D eigenvalue weighted by Gasteiger charge is -2.37. The molecule has 1 atom stereocenters. The quantitative estimate of drug-likeness (QED) is 0.571. The SMILES string of the molecule is CC(=O)N1CCc2c(c(-c3ccc(Cl)cc3)nn2CC(O)CN2CCN(c3ccccc3)CC2)C1. The standard InChI is InChI=1S/C27H32ClN5O2/c1-20(34)32-12-11-26-25(19-32)27(21-7-9-22(28)10-8-21)29-33(26)18-24(35)17-30-13-15-31(16-14-30)23-5-3-2-4-6-23/h2-10,24,35H,11-19H2,1H3. The molecule has 2 aromatic carbocycles. The van der Waals surface area contributed by atoms with Gasteiger partial charge in [-0.3, -0.25) is 14.4 Å². The second kappa shape index (κ2) is 10.4. The van der Waals surface area contributed by atoms with Gasteiger partial charge in [0.15, 0.2) is 0 Å². The fourth-order valence-electron chi connectivity index (χ4n) is 5.13. The van der Waals surface area contributed by atoms with Crippen molar-refractivity contribution >= 4 is 23.2 Å². The fourth-order valence-corrected chi connectivity index (χ4v) is 5.26. The highest BCUT2D eigenvalue weighted by Crippen LogP contribution is 2.31. The number of fused-ring (bicyclic) bond motifs is 1. The number of aliphatic hydroxyl groups excluding tert-OH is 1. The summed E-state index contributed by atoms with van der Waals surface area (Å²) in [5.74, 6) is 0.0696. The Morgan fingerprint density at radius 2 is 1.71 bits per heavy atom. The number of piperazine rings is 1. The number of nitrogens with zero attached hydrogens (tertiary/aromatic N) is 5. The Kier molecular flexibility index (Phi) is 7.09. The van der Waals surface area contributed by atoms with Gasteiger partial charge in [-0.25, -0.2) is 0 Å². The maximum atomic E-state index is 12.1. The van der Waals surface area contributed by atoms with Crippen molar-refractivity contribution in [3.05, 3.63) is 70.9 Å². The van der Waals surface area contributed by atoms with Crippen LogP contribution in [-0.4, -0.2) is 76.0 Å². The zero-order valence-electron chi connectivity index (χ0n) is 20.1. The lowest BCUT2D eigenvalue weighted by Crippen LogP contribution is -2.49. The first-order chi connectivity index (χ1) is 17.0. The number of β-amino-alcohol motifs (C(OH)–C–C–N with tert-alkyl or cyclic N) is 1. The molecule has 7 nitrogen and oxygen atoms in total. The fraction of sp³-hybridized carbons (Fsp3) is 0.407. The number of carbonyl (C=O) groups is 1. The molecule has 1 saturated heterocycles. The van der Waals surface area contributed by atoms with Crippen molar-refractivity contribution in [1.82, 2.24) is 19.6 Å². The van der Waals surface area contributed by atoms with Crippen molar-refractivity contribution in [2.24, 2.45) is 0 Å². The Hall–Kier alpha value is -2.87. The van der Waals surface area contributed by atoms with Crippen molar-refractivity contribution in [1.29, 1.82) is 0 Å². The Morgan fingerprint density at radius 3 is 2.40 bits per heavy atom. The molecule has 0 aliphatic carbocycles. The van der Waals surface area contributed by atoms with Gasteiger partial charge in [0.05, 0.1) is 18.3 Å². The number of carbonyl (C=O) groups excluding carboxylic acids is 1. The zero-order chi connectivity index (χ0) is 24.4. The molecule has 1 fully saturated rings. The van der Waals surface area contributed by atoms with E-state index < -0.39 is 6.10 Å². The highest BCUT2D eigenvalue weighted by atomic mass is 35.5. The van der Waals surface area contributed by atoms with Crippen molar-refractivity contribution in [2.75, 3.05) is 44.2 Å². The minimum absolute atomic E-state index is 0.0696. The van der Waals surface area contributed by atoms with Crippen LogP contribution in [0, 0.1) is 0 Å². The first kappa shape index (κ1) is 23.9. The first-order valence-corrected chi connectivity index (χ1v) is 12.7. The number of aromatic nitrogens is 2. The molecule has 0 radical (unpaired) electrons. The van der Waals surface area contributed by atoms with Crippen molar-refractivity contribution in [2.45, 2.75) is 32.5 Å². The van der Waals surface area contributed by atoms with E-state index in [9.17, 15) is 9.90 Å². The minimum atomic E-state index is -0.522. The van der Waals surface area contributed by atoms with E-state index in [1.807, 2.05) is 39.9 Å². The molecule has 0 bridgehead atoms. The Morgan fingerprint density at radius 1 is 1.00 bits per heavy atom. The molecule has 184 valence electrons. The number of hydrogen-bond donors (Lipinski definition) is 1. The molecule has 1 amide bonds. The summed E-state index contributed by atoms with van der Waals surface area (Å²) < 4.78 is 1.96. The molecule has 3 heterocycles. The molecule has 35 heavy (non-hydrogen) atoms. The largest absolute Gasteiger partial charge is 0.390 e. The predicted molar refractivity (Wildman–Crippen MR) is 139 cm³/mol. The second-order valence-corrected chi connectivity index (χ2v) is 9.87. The summed E-state index contributed by atoms with van der Waals surface area (Å²) in [6.07, 6.45) is 0.212. The number of benzene rings is 2. The van der Waals surface area contributed by atoms with Crippen LogP contribution in [0.5, 0.6) is 0 Å². The maximum Gasteiger partial charge on any atom is 0.219 e. The van der Waals surface area contributed by atoms with Gasteiger partial charge in [0.25, 0.3) is 0 Å². The van der Waals surface area contributed by atoms with E-state index in [-0.39, 0.29) is 5.91 Å². The summed E-state index contributed by atoms with van der Waals surface area (Å²) in [5.41, 5.74) is 5.27. The number of halogens is 1. The highest BCUT2D eigenvalue weighted by molar-refractivity contribution is 6.30. The number of anilines is 1. The van der Waals surface area contributed by atoms with Crippen LogP contribution in [-0.2, 0) is 24.3 Å². The molecule has 3 aromatic rings. The number of aliphatic hydroxyl groups is 1. The van der Waals surface area contributed by atoms with Crippen LogP contribution in [0.25, 0.3) is 11.3 Å². The van der Waals surface area contributed by atoms with E-state index in [1.54, 1.807) is 6.92 Å². The van der Waals surface area contributed by atoms with E-state index in [2.05, 4.69) is 34.1 Å². The molecule has 1 N–H and O–H groups in total. The number of rotatable bonds is 6. The predicted octanol–water partition coefficient (Wildman–Crippen LogP) is 3.29. The molecule has 5 rings (SSSR count). The summed E-state index contributed by atoms with van der Waals surface area (Å²) in [4.78, 5) is 18.6. The van der Waals surface area contributed by atoms with E-state index in [0.29, 0.717) is 31.2 Å². The zero-order valence-corrected chi connectivity index (χ0v) is 20.9.